The fourth-order valence-electron chi connectivity index (χ4n) is 3.05. The molecule has 2 unspecified atom stereocenters. The second-order valence-corrected chi connectivity index (χ2v) is 6.57. The molecule has 0 bridgehead atoms. The zero-order chi connectivity index (χ0) is 16.9. The van der Waals surface area contributed by atoms with Crippen LogP contribution in [0.3, 0.4) is 0 Å². The van der Waals surface area contributed by atoms with Crippen LogP contribution < -0.4 is 10.6 Å². The normalized spacial score (nSPS) is 23.5. The molecule has 0 aromatic heterocycles. The van der Waals surface area contributed by atoms with Gasteiger partial charge in [0.05, 0.1) is 6.61 Å². The molecule has 23 heavy (non-hydrogen) atoms. The molecule has 1 aromatic carbocycles. The van der Waals surface area contributed by atoms with E-state index in [1.807, 2.05) is 13.8 Å². The summed E-state index contributed by atoms with van der Waals surface area (Å²) in [4.78, 5) is 24.5. The van der Waals surface area contributed by atoms with E-state index in [1.54, 1.807) is 24.3 Å². The van der Waals surface area contributed by atoms with Crippen LogP contribution in [0.5, 0.6) is 0 Å². The second kappa shape index (κ2) is 7.59. The van der Waals surface area contributed by atoms with Crippen molar-refractivity contribution < 1.29 is 14.7 Å². The van der Waals surface area contributed by atoms with Crippen molar-refractivity contribution in [3.05, 3.63) is 35.4 Å². The Kier molecular flexibility index (Phi) is 5.77. The fraction of sp³-hybridized carbons (Fsp3) is 0.556. The molecule has 1 aliphatic carbocycles. The van der Waals surface area contributed by atoms with Crippen LogP contribution in [0.25, 0.3) is 0 Å². The van der Waals surface area contributed by atoms with E-state index in [0.29, 0.717) is 17.7 Å². The molecule has 2 atom stereocenters. The van der Waals surface area contributed by atoms with Gasteiger partial charge in [0.2, 0.25) is 0 Å². The van der Waals surface area contributed by atoms with Crippen molar-refractivity contribution in [1.29, 1.82) is 0 Å². The maximum Gasteiger partial charge on any atom is 0.251 e. The summed E-state index contributed by atoms with van der Waals surface area (Å²) in [6.07, 6.45) is 3.65. The molecule has 0 radical (unpaired) electrons. The number of rotatable bonds is 6. The van der Waals surface area contributed by atoms with E-state index in [4.69, 9.17) is 0 Å². The van der Waals surface area contributed by atoms with Gasteiger partial charge in [0, 0.05) is 29.1 Å². The van der Waals surface area contributed by atoms with Crippen LogP contribution >= 0.6 is 0 Å². The van der Waals surface area contributed by atoms with Crippen molar-refractivity contribution in [3.63, 3.8) is 0 Å². The molecule has 2 rings (SSSR count). The van der Waals surface area contributed by atoms with Gasteiger partial charge in [-0.3, -0.25) is 9.59 Å². The summed E-state index contributed by atoms with van der Waals surface area (Å²) in [6.45, 7) is 4.67. The van der Waals surface area contributed by atoms with Crippen LogP contribution in [-0.2, 0) is 0 Å². The highest BCUT2D eigenvalue weighted by Gasteiger charge is 2.39. The monoisotopic (exact) mass is 318 g/mol. The highest BCUT2D eigenvalue weighted by Crippen LogP contribution is 2.37. The number of hydrogen-bond acceptors (Lipinski definition) is 3. The maximum absolute atomic E-state index is 12.5. The summed E-state index contributed by atoms with van der Waals surface area (Å²) in [5, 5.41) is 15.4. The van der Waals surface area contributed by atoms with Crippen LogP contribution in [0, 0.1) is 5.41 Å². The van der Waals surface area contributed by atoms with Crippen molar-refractivity contribution in [2.45, 2.75) is 45.6 Å². The third-order valence-electron chi connectivity index (χ3n) is 4.67. The minimum absolute atomic E-state index is 0.0300. The van der Waals surface area contributed by atoms with Gasteiger partial charge in [0.25, 0.3) is 11.8 Å². The van der Waals surface area contributed by atoms with Gasteiger partial charge in [-0.1, -0.05) is 26.3 Å². The minimum Gasteiger partial charge on any atom is -0.396 e. The molecule has 2 amide bonds. The first-order valence-electron chi connectivity index (χ1n) is 8.30. The number of amides is 2. The number of aliphatic hydroxyl groups excluding tert-OH is 1. The largest absolute Gasteiger partial charge is 0.396 e. The lowest BCUT2D eigenvalue weighted by Gasteiger charge is -2.30. The van der Waals surface area contributed by atoms with E-state index in [1.165, 1.54) is 0 Å². The highest BCUT2D eigenvalue weighted by atomic mass is 16.3. The van der Waals surface area contributed by atoms with Gasteiger partial charge in [0.15, 0.2) is 0 Å². The lowest BCUT2D eigenvalue weighted by molar-refractivity contribution is 0.0830. The average Bonchev–Trinajstić information content (AvgIpc) is 2.94. The smallest absolute Gasteiger partial charge is 0.251 e. The first kappa shape index (κ1) is 17.5. The zero-order valence-electron chi connectivity index (χ0n) is 13.9. The molecule has 3 N–H and O–H groups in total. The molecule has 1 fully saturated rings. The van der Waals surface area contributed by atoms with Gasteiger partial charge in [0.1, 0.15) is 0 Å². The van der Waals surface area contributed by atoms with Gasteiger partial charge in [-0.25, -0.2) is 0 Å². The van der Waals surface area contributed by atoms with E-state index in [2.05, 4.69) is 10.6 Å². The summed E-state index contributed by atoms with van der Waals surface area (Å²) >= 11 is 0. The topological polar surface area (TPSA) is 78.4 Å². The third kappa shape index (κ3) is 4.10. The Labute approximate surface area is 137 Å². The van der Waals surface area contributed by atoms with Crippen LogP contribution in [0.2, 0.25) is 0 Å². The molecule has 1 aromatic rings. The van der Waals surface area contributed by atoms with Crippen molar-refractivity contribution in [3.8, 4) is 0 Å². The lowest BCUT2D eigenvalue weighted by Crippen LogP contribution is -2.44. The molecular formula is C18H26N2O3. The highest BCUT2D eigenvalue weighted by molar-refractivity contribution is 5.99. The molecular weight excluding hydrogens is 292 g/mol. The Balaban J connectivity index is 2.06. The van der Waals surface area contributed by atoms with Gasteiger partial charge >= 0.3 is 0 Å². The quantitative estimate of drug-likeness (QED) is 0.751. The van der Waals surface area contributed by atoms with Gasteiger partial charge in [-0.05, 0) is 37.5 Å². The Morgan fingerprint density at radius 1 is 1.30 bits per heavy atom. The van der Waals surface area contributed by atoms with Crippen molar-refractivity contribution >= 4 is 11.8 Å². The van der Waals surface area contributed by atoms with Gasteiger partial charge < -0.3 is 15.7 Å². The summed E-state index contributed by atoms with van der Waals surface area (Å²) in [5.41, 5.74) is 0.704. The molecule has 5 heteroatoms. The first-order valence-corrected chi connectivity index (χ1v) is 8.30. The Hall–Kier alpha value is -1.88. The van der Waals surface area contributed by atoms with E-state index in [9.17, 15) is 14.7 Å². The number of nitrogens with one attached hydrogen (secondary N) is 2. The third-order valence-corrected chi connectivity index (χ3v) is 4.67. The molecule has 5 nitrogen and oxygen atoms in total. The Bertz CT molecular complexity index is 573. The van der Waals surface area contributed by atoms with E-state index in [0.717, 1.165) is 25.7 Å². The molecule has 0 heterocycles. The second-order valence-electron chi connectivity index (χ2n) is 6.57. The molecule has 1 aliphatic rings. The van der Waals surface area contributed by atoms with Gasteiger partial charge in [-0.15, -0.1) is 0 Å². The van der Waals surface area contributed by atoms with Gasteiger partial charge in [-0.2, -0.15) is 0 Å². The number of carbonyl (C=O) groups is 2. The summed E-state index contributed by atoms with van der Waals surface area (Å²) in [7, 11) is 0. The predicted molar refractivity (Wildman–Crippen MR) is 89.4 cm³/mol. The summed E-state index contributed by atoms with van der Waals surface area (Å²) in [6, 6.07) is 6.71. The standard InChI is InChI=1S/C18H26N2O3/c1-3-10-19-16(22)13-6-4-7-14(11-13)17(23)20-15-8-5-9-18(15,2)12-21/h4,6-7,11,15,21H,3,5,8-10,12H2,1-2H3,(H,19,22)(H,20,23). The van der Waals surface area contributed by atoms with Crippen molar-refractivity contribution in [2.24, 2.45) is 5.41 Å². The maximum atomic E-state index is 12.5. The van der Waals surface area contributed by atoms with Crippen LogP contribution in [0.15, 0.2) is 24.3 Å². The zero-order valence-corrected chi connectivity index (χ0v) is 13.9. The van der Waals surface area contributed by atoms with E-state index in [-0.39, 0.29) is 29.9 Å². The number of carbonyl (C=O) groups excluding carboxylic acids is 2. The Morgan fingerprint density at radius 2 is 2.00 bits per heavy atom. The predicted octanol–water partition coefficient (Wildman–Crippen LogP) is 2.11. The summed E-state index contributed by atoms with van der Waals surface area (Å²) in [5.74, 6) is -0.357. The molecule has 0 spiro atoms. The van der Waals surface area contributed by atoms with Crippen LogP contribution in [0.1, 0.15) is 60.2 Å². The fourth-order valence-corrected chi connectivity index (χ4v) is 3.05. The molecule has 0 saturated heterocycles. The average molecular weight is 318 g/mol. The van der Waals surface area contributed by atoms with Crippen LogP contribution in [0.4, 0.5) is 0 Å². The number of benzene rings is 1. The molecule has 126 valence electrons. The van der Waals surface area contributed by atoms with E-state index < -0.39 is 0 Å². The molecule has 0 aliphatic heterocycles. The van der Waals surface area contributed by atoms with Crippen LogP contribution in [-0.4, -0.2) is 36.1 Å². The van der Waals surface area contributed by atoms with E-state index >= 15 is 0 Å². The Morgan fingerprint density at radius 3 is 2.65 bits per heavy atom. The minimum atomic E-state index is -0.258. The van der Waals surface area contributed by atoms with Crippen molar-refractivity contribution in [1.82, 2.24) is 10.6 Å². The lowest BCUT2D eigenvalue weighted by atomic mass is 9.85. The first-order chi connectivity index (χ1) is 11.0. The number of aliphatic hydroxyl groups is 1. The SMILES string of the molecule is CCCNC(=O)c1cccc(C(=O)NC2CCCC2(C)CO)c1. The molecule has 1 saturated carbocycles. The summed E-state index contributed by atoms with van der Waals surface area (Å²) < 4.78 is 0. The number of hydrogen-bond donors (Lipinski definition) is 3. The van der Waals surface area contributed by atoms with Crippen molar-refractivity contribution in [2.75, 3.05) is 13.2 Å².